The van der Waals surface area contributed by atoms with Crippen molar-refractivity contribution in [3.63, 3.8) is 0 Å². The second kappa shape index (κ2) is 10.5. The molecule has 0 atom stereocenters. The molecule has 0 spiro atoms. The molecule has 1 saturated carbocycles. The Morgan fingerprint density at radius 3 is 2.52 bits per heavy atom. The predicted molar refractivity (Wildman–Crippen MR) is 127 cm³/mol. The van der Waals surface area contributed by atoms with E-state index in [-0.39, 0.29) is 11.6 Å². The van der Waals surface area contributed by atoms with Crippen LogP contribution in [-0.2, 0) is 16.1 Å². The molecule has 7 heteroatoms. The molecule has 0 bridgehead atoms. The molecule has 1 N–H and O–H groups in total. The van der Waals surface area contributed by atoms with Crippen molar-refractivity contribution in [3.05, 3.63) is 65.1 Å². The van der Waals surface area contributed by atoms with Gasteiger partial charge in [0.1, 0.15) is 6.61 Å². The standard InChI is InChI=1S/C26H28ClFN2O3/c1-17-24(20-6-3-2-4-7-20)26(21-8-5-9-22(27)25(21)28)30(29-17)14-18-10-12-19(13-11-18)15-33-16-23(31)32/h2-9,18-19H,10-16H2,1H3,(H,31,32)/t18-,19+. The summed E-state index contributed by atoms with van der Waals surface area (Å²) in [5.74, 6) is -0.584. The second-order valence-electron chi connectivity index (χ2n) is 8.75. The number of aliphatic carboxylic acids is 1. The highest BCUT2D eigenvalue weighted by molar-refractivity contribution is 6.31. The van der Waals surface area contributed by atoms with E-state index in [4.69, 9.17) is 26.5 Å². The van der Waals surface area contributed by atoms with Gasteiger partial charge in [0.2, 0.25) is 0 Å². The van der Waals surface area contributed by atoms with Gasteiger partial charge in [0.15, 0.2) is 5.82 Å². The summed E-state index contributed by atoms with van der Waals surface area (Å²) in [7, 11) is 0. The van der Waals surface area contributed by atoms with Gasteiger partial charge in [-0.2, -0.15) is 5.10 Å². The summed E-state index contributed by atoms with van der Waals surface area (Å²) < 4.78 is 22.4. The molecule has 1 heterocycles. The topological polar surface area (TPSA) is 64.4 Å². The summed E-state index contributed by atoms with van der Waals surface area (Å²) in [6.07, 6.45) is 3.96. The van der Waals surface area contributed by atoms with Crippen molar-refractivity contribution in [2.45, 2.75) is 39.2 Å². The molecule has 0 radical (unpaired) electrons. The minimum atomic E-state index is -0.937. The van der Waals surface area contributed by atoms with Gasteiger partial charge in [-0.3, -0.25) is 4.68 Å². The van der Waals surface area contributed by atoms with Crippen molar-refractivity contribution >= 4 is 17.6 Å². The Labute approximate surface area is 198 Å². The average molecular weight is 471 g/mol. The fourth-order valence-corrected chi connectivity index (χ4v) is 4.94. The molecule has 1 fully saturated rings. The molecule has 1 aliphatic rings. The van der Waals surface area contributed by atoms with Crippen molar-refractivity contribution in [3.8, 4) is 22.4 Å². The Morgan fingerprint density at radius 2 is 1.82 bits per heavy atom. The maximum Gasteiger partial charge on any atom is 0.329 e. The van der Waals surface area contributed by atoms with Crippen molar-refractivity contribution in [2.75, 3.05) is 13.2 Å². The quantitative estimate of drug-likeness (QED) is 0.424. The van der Waals surface area contributed by atoms with Gasteiger partial charge in [-0.05, 0) is 62.1 Å². The minimum Gasteiger partial charge on any atom is -0.480 e. The molecule has 5 nitrogen and oxygen atoms in total. The van der Waals surface area contributed by atoms with Crippen molar-refractivity contribution < 1.29 is 19.0 Å². The van der Waals surface area contributed by atoms with Crippen LogP contribution >= 0.6 is 11.6 Å². The van der Waals surface area contributed by atoms with Gasteiger partial charge in [-0.15, -0.1) is 0 Å². The first-order valence-electron chi connectivity index (χ1n) is 11.3. The normalized spacial score (nSPS) is 18.4. The van der Waals surface area contributed by atoms with Gasteiger partial charge in [0.25, 0.3) is 0 Å². The molecule has 174 valence electrons. The van der Waals surface area contributed by atoms with Crippen LogP contribution < -0.4 is 0 Å². The van der Waals surface area contributed by atoms with Gasteiger partial charge in [0.05, 0.1) is 23.0 Å². The van der Waals surface area contributed by atoms with Crippen molar-refractivity contribution in [1.29, 1.82) is 0 Å². The Balaban J connectivity index is 1.59. The van der Waals surface area contributed by atoms with Crippen LogP contribution in [0.4, 0.5) is 4.39 Å². The third-order valence-electron chi connectivity index (χ3n) is 6.37. The molecular formula is C26H28ClFN2O3. The summed E-state index contributed by atoms with van der Waals surface area (Å²) in [6.45, 7) is 2.89. The van der Waals surface area contributed by atoms with E-state index >= 15 is 4.39 Å². The molecule has 1 aliphatic carbocycles. The van der Waals surface area contributed by atoms with Gasteiger partial charge in [0, 0.05) is 17.7 Å². The van der Waals surface area contributed by atoms with Crippen LogP contribution in [0.3, 0.4) is 0 Å². The van der Waals surface area contributed by atoms with Crippen LogP contribution in [0, 0.1) is 24.6 Å². The highest BCUT2D eigenvalue weighted by atomic mass is 35.5. The van der Waals surface area contributed by atoms with Crippen LogP contribution in [0.2, 0.25) is 5.02 Å². The lowest BCUT2D eigenvalue weighted by atomic mass is 9.82. The number of rotatable bonds is 8. The fourth-order valence-electron chi connectivity index (χ4n) is 4.76. The summed E-state index contributed by atoms with van der Waals surface area (Å²) in [5, 5.41) is 13.7. The Morgan fingerprint density at radius 1 is 1.12 bits per heavy atom. The van der Waals surface area contributed by atoms with Crippen LogP contribution in [0.5, 0.6) is 0 Å². The Bertz CT molecular complexity index is 1110. The lowest BCUT2D eigenvalue weighted by molar-refractivity contribution is -0.142. The molecule has 0 amide bonds. The van der Waals surface area contributed by atoms with E-state index in [0.717, 1.165) is 48.2 Å². The lowest BCUT2D eigenvalue weighted by Crippen LogP contribution is -2.23. The fraction of sp³-hybridized carbons (Fsp3) is 0.385. The van der Waals surface area contributed by atoms with E-state index < -0.39 is 11.8 Å². The Kier molecular flexibility index (Phi) is 7.46. The highest BCUT2D eigenvalue weighted by Crippen LogP contribution is 2.39. The number of carbonyl (C=O) groups is 1. The van der Waals surface area contributed by atoms with Crippen molar-refractivity contribution in [1.82, 2.24) is 9.78 Å². The van der Waals surface area contributed by atoms with Gasteiger partial charge in [-0.25, -0.2) is 9.18 Å². The third-order valence-corrected chi connectivity index (χ3v) is 6.67. The smallest absolute Gasteiger partial charge is 0.329 e. The zero-order valence-electron chi connectivity index (χ0n) is 18.6. The summed E-state index contributed by atoms with van der Waals surface area (Å²) in [5.41, 5.74) is 3.98. The lowest BCUT2D eigenvalue weighted by Gasteiger charge is -2.28. The first-order valence-corrected chi connectivity index (χ1v) is 11.7. The number of hydrogen-bond donors (Lipinski definition) is 1. The molecule has 0 saturated heterocycles. The number of ether oxygens (including phenoxy) is 1. The number of aryl methyl sites for hydroxylation is 1. The summed E-state index contributed by atoms with van der Waals surface area (Å²) >= 11 is 6.14. The predicted octanol–water partition coefficient (Wildman–Crippen LogP) is 6.23. The molecule has 3 aromatic rings. The second-order valence-corrected chi connectivity index (χ2v) is 9.16. The van der Waals surface area contributed by atoms with Crippen LogP contribution in [0.25, 0.3) is 22.4 Å². The first-order chi connectivity index (χ1) is 15.9. The van der Waals surface area contributed by atoms with E-state index in [2.05, 4.69) is 0 Å². The molecule has 1 aromatic heterocycles. The number of carboxylic acid groups (broad SMARTS) is 1. The van der Waals surface area contributed by atoms with Gasteiger partial charge < -0.3 is 9.84 Å². The van der Waals surface area contributed by atoms with E-state index in [9.17, 15) is 4.79 Å². The van der Waals surface area contributed by atoms with Crippen molar-refractivity contribution in [2.24, 2.45) is 11.8 Å². The zero-order valence-corrected chi connectivity index (χ0v) is 19.4. The van der Waals surface area contributed by atoms with Crippen LogP contribution in [0.1, 0.15) is 31.4 Å². The van der Waals surface area contributed by atoms with E-state index in [1.165, 1.54) is 0 Å². The molecule has 0 unspecified atom stereocenters. The highest BCUT2D eigenvalue weighted by Gasteiger charge is 2.26. The van der Waals surface area contributed by atoms with Gasteiger partial charge in [-0.1, -0.05) is 48.0 Å². The number of carboxylic acids is 1. The van der Waals surface area contributed by atoms with Crippen LogP contribution in [-0.4, -0.2) is 34.1 Å². The number of nitrogens with zero attached hydrogens (tertiary/aromatic N) is 2. The molecule has 0 aliphatic heterocycles. The number of halogens is 2. The third kappa shape index (κ3) is 5.45. The number of hydrogen-bond acceptors (Lipinski definition) is 3. The SMILES string of the molecule is Cc1nn(C[C@H]2CC[C@@H](COCC(=O)O)CC2)c(-c2cccc(Cl)c2F)c1-c1ccccc1. The maximum absolute atomic E-state index is 15.1. The Hall–Kier alpha value is -2.70. The maximum atomic E-state index is 15.1. The molecule has 2 aromatic carbocycles. The first kappa shape index (κ1) is 23.5. The minimum absolute atomic E-state index is 0.0961. The average Bonchev–Trinajstić information content (AvgIpc) is 3.12. The number of benzene rings is 2. The summed E-state index contributed by atoms with van der Waals surface area (Å²) in [6, 6.07) is 15.0. The number of aromatic nitrogens is 2. The van der Waals surface area contributed by atoms with Gasteiger partial charge >= 0.3 is 5.97 Å². The zero-order chi connectivity index (χ0) is 23.4. The molecule has 4 rings (SSSR count). The van der Waals surface area contributed by atoms with E-state index in [0.29, 0.717) is 30.6 Å². The van der Waals surface area contributed by atoms with E-state index in [1.807, 2.05) is 41.9 Å². The van der Waals surface area contributed by atoms with Crippen LogP contribution in [0.15, 0.2) is 48.5 Å². The summed E-state index contributed by atoms with van der Waals surface area (Å²) in [4.78, 5) is 10.7. The molecule has 33 heavy (non-hydrogen) atoms. The van der Waals surface area contributed by atoms with E-state index in [1.54, 1.807) is 18.2 Å². The monoisotopic (exact) mass is 470 g/mol. The molecular weight excluding hydrogens is 443 g/mol. The largest absolute Gasteiger partial charge is 0.480 e.